The van der Waals surface area contributed by atoms with Gasteiger partial charge in [0.15, 0.2) is 0 Å². The molecule has 210 valence electrons. The number of hydrogen-bond donors (Lipinski definition) is 2. The van der Waals surface area contributed by atoms with E-state index < -0.39 is 10.0 Å². The number of benzene rings is 2. The van der Waals surface area contributed by atoms with E-state index in [0.29, 0.717) is 40.7 Å². The Morgan fingerprint density at radius 2 is 1.77 bits per heavy atom. The zero-order chi connectivity index (χ0) is 28.2. The molecule has 0 atom stereocenters. The molecule has 10 heteroatoms. The highest BCUT2D eigenvalue weighted by molar-refractivity contribution is 7.92. The molecule has 4 rings (SSSR count). The van der Waals surface area contributed by atoms with Crippen LogP contribution in [0, 0.1) is 5.92 Å². The number of ether oxygens (including phenoxy) is 1. The standard InChI is InChI=1S/C29H38N4O5S/c1-20(2)17-33-19-23(15-22-7-10-25(31-39(4,36)37)16-27(22)29(33)35)28(34)30-24-8-5-21(6-9-24)18-32(3)26-11-13-38-14-12-26/h5-10,15-16,20,26,31H,11-14,17-19H2,1-4H3,(H,30,34). The van der Waals surface area contributed by atoms with E-state index in [9.17, 15) is 18.0 Å². The summed E-state index contributed by atoms with van der Waals surface area (Å²) in [5, 5.41) is 2.98. The molecule has 2 aliphatic heterocycles. The Labute approximate surface area is 231 Å². The summed E-state index contributed by atoms with van der Waals surface area (Å²) in [6.45, 7) is 7.06. The van der Waals surface area contributed by atoms with Gasteiger partial charge >= 0.3 is 0 Å². The van der Waals surface area contributed by atoms with Gasteiger partial charge < -0.3 is 15.0 Å². The van der Waals surface area contributed by atoms with Crippen molar-refractivity contribution in [3.63, 3.8) is 0 Å². The Bertz CT molecular complexity index is 1330. The summed E-state index contributed by atoms with van der Waals surface area (Å²) in [5.41, 5.74) is 3.52. The molecule has 2 aliphatic rings. The van der Waals surface area contributed by atoms with Crippen LogP contribution in [-0.4, -0.2) is 75.7 Å². The Balaban J connectivity index is 1.51. The maximum atomic E-state index is 13.4. The van der Waals surface area contributed by atoms with Crippen molar-refractivity contribution >= 4 is 39.3 Å². The molecule has 9 nitrogen and oxygen atoms in total. The normalized spacial score (nSPS) is 16.6. The summed E-state index contributed by atoms with van der Waals surface area (Å²) in [6.07, 6.45) is 4.85. The number of carbonyl (C=O) groups excluding carboxylic acids is 2. The summed E-state index contributed by atoms with van der Waals surface area (Å²) in [7, 11) is -1.37. The number of anilines is 2. The molecule has 0 unspecified atom stereocenters. The highest BCUT2D eigenvalue weighted by Gasteiger charge is 2.27. The van der Waals surface area contributed by atoms with E-state index in [1.54, 1.807) is 23.1 Å². The zero-order valence-corrected chi connectivity index (χ0v) is 23.9. The molecule has 0 spiro atoms. The zero-order valence-electron chi connectivity index (χ0n) is 23.1. The van der Waals surface area contributed by atoms with Crippen molar-refractivity contribution < 1.29 is 22.7 Å². The number of rotatable bonds is 9. The van der Waals surface area contributed by atoms with Crippen LogP contribution in [0.5, 0.6) is 0 Å². The summed E-state index contributed by atoms with van der Waals surface area (Å²) in [6, 6.07) is 13.1. The molecule has 0 bridgehead atoms. The van der Waals surface area contributed by atoms with Crippen LogP contribution in [0.15, 0.2) is 48.0 Å². The maximum Gasteiger partial charge on any atom is 0.254 e. The van der Waals surface area contributed by atoms with Crippen molar-refractivity contribution in [1.82, 2.24) is 9.80 Å². The Morgan fingerprint density at radius 3 is 2.41 bits per heavy atom. The van der Waals surface area contributed by atoms with E-state index >= 15 is 0 Å². The fourth-order valence-electron chi connectivity index (χ4n) is 5.00. The quantitative estimate of drug-likeness (QED) is 0.488. The van der Waals surface area contributed by atoms with Crippen molar-refractivity contribution in [2.24, 2.45) is 5.92 Å². The van der Waals surface area contributed by atoms with Crippen molar-refractivity contribution in [1.29, 1.82) is 0 Å². The van der Waals surface area contributed by atoms with E-state index in [1.807, 2.05) is 38.1 Å². The third-order valence-corrected chi connectivity index (χ3v) is 7.51. The van der Waals surface area contributed by atoms with E-state index in [0.717, 1.165) is 44.4 Å². The second-order valence-electron chi connectivity index (χ2n) is 10.8. The number of fused-ring (bicyclic) bond motifs is 1. The Hall–Kier alpha value is -3.21. The molecule has 2 N–H and O–H groups in total. The van der Waals surface area contributed by atoms with E-state index in [1.165, 1.54) is 6.07 Å². The van der Waals surface area contributed by atoms with Gasteiger partial charge in [0.25, 0.3) is 11.8 Å². The number of nitrogens with zero attached hydrogens (tertiary/aromatic N) is 2. The second-order valence-corrected chi connectivity index (χ2v) is 12.6. The molecule has 2 aromatic rings. The Morgan fingerprint density at radius 1 is 1.10 bits per heavy atom. The fraction of sp³-hybridized carbons (Fsp3) is 0.448. The smallest absolute Gasteiger partial charge is 0.254 e. The molecule has 0 aliphatic carbocycles. The second kappa shape index (κ2) is 12.3. The predicted octanol–water partition coefficient (Wildman–Crippen LogP) is 3.80. The van der Waals surface area contributed by atoms with Gasteiger partial charge in [-0.15, -0.1) is 0 Å². The van der Waals surface area contributed by atoms with Gasteiger partial charge in [0.05, 0.1) is 12.8 Å². The maximum absolute atomic E-state index is 13.4. The first-order valence-corrected chi connectivity index (χ1v) is 15.2. The van der Waals surface area contributed by atoms with E-state index in [-0.39, 0.29) is 24.3 Å². The molecule has 0 radical (unpaired) electrons. The lowest BCUT2D eigenvalue weighted by Crippen LogP contribution is -2.37. The van der Waals surface area contributed by atoms with Crippen LogP contribution in [0.1, 0.15) is 48.2 Å². The first-order chi connectivity index (χ1) is 18.5. The summed E-state index contributed by atoms with van der Waals surface area (Å²) in [5.74, 6) is -0.341. The van der Waals surface area contributed by atoms with Gasteiger partial charge in [-0.2, -0.15) is 0 Å². The molecule has 0 aromatic heterocycles. The number of sulfonamides is 1. The molecule has 2 aromatic carbocycles. The third kappa shape index (κ3) is 7.90. The molecular formula is C29H38N4O5S. The molecule has 0 saturated carbocycles. The van der Waals surface area contributed by atoms with E-state index in [2.05, 4.69) is 22.0 Å². The molecular weight excluding hydrogens is 516 g/mol. The summed E-state index contributed by atoms with van der Waals surface area (Å²) < 4.78 is 31.3. The third-order valence-electron chi connectivity index (χ3n) is 6.90. The lowest BCUT2D eigenvalue weighted by Gasteiger charge is -2.31. The number of nitrogens with one attached hydrogen (secondary N) is 2. The Kier molecular flexibility index (Phi) is 9.09. The average Bonchev–Trinajstić information content (AvgIpc) is 3.01. The predicted molar refractivity (Wildman–Crippen MR) is 154 cm³/mol. The summed E-state index contributed by atoms with van der Waals surface area (Å²) >= 11 is 0. The summed E-state index contributed by atoms with van der Waals surface area (Å²) in [4.78, 5) is 30.8. The van der Waals surface area contributed by atoms with Gasteiger partial charge in [0.2, 0.25) is 10.0 Å². The van der Waals surface area contributed by atoms with Crippen LogP contribution >= 0.6 is 0 Å². The van der Waals surface area contributed by atoms with Gasteiger partial charge in [-0.05, 0) is 67.3 Å². The molecule has 1 saturated heterocycles. The number of hydrogen-bond acceptors (Lipinski definition) is 6. The van der Waals surface area contributed by atoms with Gasteiger partial charge in [-0.3, -0.25) is 19.2 Å². The van der Waals surface area contributed by atoms with Crippen LogP contribution in [0.2, 0.25) is 0 Å². The van der Waals surface area contributed by atoms with Crippen LogP contribution in [-0.2, 0) is 26.1 Å². The van der Waals surface area contributed by atoms with Gasteiger partial charge in [-0.1, -0.05) is 32.0 Å². The minimum Gasteiger partial charge on any atom is -0.381 e. The minimum absolute atomic E-state index is 0.153. The molecule has 2 amide bonds. The van der Waals surface area contributed by atoms with Crippen molar-refractivity contribution in [3.8, 4) is 0 Å². The lowest BCUT2D eigenvalue weighted by molar-refractivity contribution is -0.113. The van der Waals surface area contributed by atoms with Crippen LogP contribution < -0.4 is 10.0 Å². The molecule has 1 fully saturated rings. The van der Waals surface area contributed by atoms with Crippen molar-refractivity contribution in [3.05, 3.63) is 64.7 Å². The van der Waals surface area contributed by atoms with Gasteiger partial charge in [-0.25, -0.2) is 8.42 Å². The van der Waals surface area contributed by atoms with Crippen molar-refractivity contribution in [2.75, 3.05) is 49.6 Å². The van der Waals surface area contributed by atoms with Gasteiger partial charge in [0.1, 0.15) is 0 Å². The van der Waals surface area contributed by atoms with Crippen LogP contribution in [0.4, 0.5) is 11.4 Å². The average molecular weight is 555 g/mol. The largest absolute Gasteiger partial charge is 0.381 e. The van der Waals surface area contributed by atoms with Crippen LogP contribution in [0.25, 0.3) is 6.08 Å². The molecule has 39 heavy (non-hydrogen) atoms. The van der Waals surface area contributed by atoms with E-state index in [4.69, 9.17) is 4.74 Å². The first-order valence-electron chi connectivity index (χ1n) is 13.3. The monoisotopic (exact) mass is 554 g/mol. The number of amides is 2. The number of carbonyl (C=O) groups is 2. The van der Waals surface area contributed by atoms with Crippen LogP contribution in [0.3, 0.4) is 0 Å². The highest BCUT2D eigenvalue weighted by atomic mass is 32.2. The topological polar surface area (TPSA) is 108 Å². The molecule has 2 heterocycles. The fourth-order valence-corrected chi connectivity index (χ4v) is 5.55. The first kappa shape index (κ1) is 28.8. The SMILES string of the molecule is CC(C)CN1CC(C(=O)Nc2ccc(CN(C)C3CCOCC3)cc2)=Cc2ccc(NS(C)(=O)=O)cc2C1=O. The van der Waals surface area contributed by atoms with Crippen molar-refractivity contribution in [2.45, 2.75) is 39.3 Å². The van der Waals surface area contributed by atoms with Gasteiger partial charge in [0, 0.05) is 54.9 Å². The lowest BCUT2D eigenvalue weighted by atomic mass is 10.0. The highest BCUT2D eigenvalue weighted by Crippen LogP contribution is 2.26. The minimum atomic E-state index is -3.50.